The van der Waals surface area contributed by atoms with Gasteiger partial charge >= 0.3 is 12.6 Å². The number of ether oxygens (including phenoxy) is 1. The van der Waals surface area contributed by atoms with E-state index in [2.05, 4.69) is 20.7 Å². The second kappa shape index (κ2) is 6.82. The summed E-state index contributed by atoms with van der Waals surface area (Å²) in [5.41, 5.74) is 0.276. The van der Waals surface area contributed by atoms with Crippen molar-refractivity contribution in [3.8, 4) is 5.75 Å². The zero-order chi connectivity index (χ0) is 15.4. The number of rotatable bonds is 5. The van der Waals surface area contributed by atoms with Gasteiger partial charge in [-0.3, -0.25) is 0 Å². The summed E-state index contributed by atoms with van der Waals surface area (Å²) in [6.07, 6.45) is 1.32. The molecule has 1 N–H and O–H groups in total. The van der Waals surface area contributed by atoms with Gasteiger partial charge in [-0.2, -0.15) is 8.78 Å². The maximum atomic E-state index is 12.4. The molecular formula is C14H9BrF2O3S. The second-order valence-electron chi connectivity index (χ2n) is 3.90. The molecule has 1 aromatic carbocycles. The smallest absolute Gasteiger partial charge is 0.387 e. The minimum atomic E-state index is -2.98. The lowest BCUT2D eigenvalue weighted by molar-refractivity contribution is -0.130. The predicted octanol–water partition coefficient (Wildman–Crippen LogP) is 4.74. The standard InChI is InChI=1S/C14H9BrF2O3S/c15-9-3-4-11(20-14(16)17)8(6-9)7-10(13(18)19)12-2-1-5-21-12/h1-7,14H,(H,18,19)/b10-7-. The minimum absolute atomic E-state index is 0.0159. The molecule has 1 heterocycles. The topological polar surface area (TPSA) is 46.5 Å². The quantitative estimate of drug-likeness (QED) is 0.769. The molecule has 0 saturated carbocycles. The van der Waals surface area contributed by atoms with Crippen LogP contribution in [0.3, 0.4) is 0 Å². The van der Waals surface area contributed by atoms with Crippen LogP contribution in [0, 0.1) is 0 Å². The normalized spacial score (nSPS) is 11.7. The van der Waals surface area contributed by atoms with Crippen molar-refractivity contribution in [2.75, 3.05) is 0 Å². The molecule has 0 atom stereocenters. The lowest BCUT2D eigenvalue weighted by Gasteiger charge is -2.09. The number of carboxylic acids is 1. The summed E-state index contributed by atoms with van der Waals surface area (Å²) in [4.78, 5) is 11.9. The molecule has 0 aliphatic rings. The SMILES string of the molecule is O=C(O)/C(=C\c1cc(Br)ccc1OC(F)F)c1cccs1. The molecule has 0 radical (unpaired) electrons. The van der Waals surface area contributed by atoms with Crippen LogP contribution in [0.4, 0.5) is 8.78 Å². The molecule has 2 aromatic rings. The third kappa shape index (κ3) is 4.12. The molecule has 7 heteroatoms. The van der Waals surface area contributed by atoms with Gasteiger partial charge in [0.05, 0.1) is 5.57 Å². The molecule has 21 heavy (non-hydrogen) atoms. The van der Waals surface area contributed by atoms with Gasteiger partial charge in [-0.1, -0.05) is 22.0 Å². The van der Waals surface area contributed by atoms with Gasteiger partial charge in [-0.05, 0) is 35.7 Å². The summed E-state index contributed by atoms with van der Waals surface area (Å²) in [7, 11) is 0. The zero-order valence-electron chi connectivity index (χ0n) is 10.4. The Morgan fingerprint density at radius 1 is 1.38 bits per heavy atom. The fourth-order valence-corrected chi connectivity index (χ4v) is 2.77. The van der Waals surface area contributed by atoms with Gasteiger partial charge in [0, 0.05) is 14.9 Å². The average molecular weight is 375 g/mol. The van der Waals surface area contributed by atoms with Crippen LogP contribution in [0.5, 0.6) is 5.75 Å². The zero-order valence-corrected chi connectivity index (χ0v) is 12.8. The van der Waals surface area contributed by atoms with Gasteiger partial charge in [0.1, 0.15) is 5.75 Å². The monoisotopic (exact) mass is 374 g/mol. The number of alkyl halides is 2. The minimum Gasteiger partial charge on any atom is -0.478 e. The highest BCUT2D eigenvalue weighted by molar-refractivity contribution is 9.10. The Morgan fingerprint density at radius 3 is 2.71 bits per heavy atom. The Kier molecular flexibility index (Phi) is 5.08. The molecule has 0 aliphatic heterocycles. The van der Waals surface area contributed by atoms with Gasteiger partial charge < -0.3 is 9.84 Å². The van der Waals surface area contributed by atoms with Gasteiger partial charge in [0.2, 0.25) is 0 Å². The number of hydrogen-bond acceptors (Lipinski definition) is 3. The summed E-state index contributed by atoms with van der Waals surface area (Å²) in [5.74, 6) is -1.22. The van der Waals surface area contributed by atoms with Crippen LogP contribution in [-0.4, -0.2) is 17.7 Å². The van der Waals surface area contributed by atoms with Crippen molar-refractivity contribution in [3.63, 3.8) is 0 Å². The molecule has 2 rings (SSSR count). The Balaban J connectivity index is 2.50. The first-order valence-electron chi connectivity index (χ1n) is 5.70. The third-order valence-corrected chi connectivity index (χ3v) is 3.90. The molecule has 0 unspecified atom stereocenters. The molecule has 0 saturated heterocycles. The van der Waals surface area contributed by atoms with Crippen LogP contribution in [0.2, 0.25) is 0 Å². The largest absolute Gasteiger partial charge is 0.478 e. The van der Waals surface area contributed by atoms with E-state index in [1.807, 2.05) is 0 Å². The van der Waals surface area contributed by atoms with E-state index < -0.39 is 12.6 Å². The Morgan fingerprint density at radius 2 is 2.14 bits per heavy atom. The molecule has 0 spiro atoms. The van der Waals surface area contributed by atoms with Crippen LogP contribution in [0.1, 0.15) is 10.4 Å². The van der Waals surface area contributed by atoms with Crippen molar-refractivity contribution in [1.29, 1.82) is 0 Å². The summed E-state index contributed by atoms with van der Waals surface area (Å²) in [5, 5.41) is 11.0. The fourth-order valence-electron chi connectivity index (χ4n) is 1.66. The average Bonchev–Trinajstić information content (AvgIpc) is 2.91. The number of carbonyl (C=O) groups is 1. The number of hydrogen-bond donors (Lipinski definition) is 1. The molecule has 0 bridgehead atoms. The van der Waals surface area contributed by atoms with Crippen molar-refractivity contribution < 1.29 is 23.4 Å². The van der Waals surface area contributed by atoms with Gasteiger partial charge in [-0.25, -0.2) is 4.79 Å². The molecule has 0 fully saturated rings. The second-order valence-corrected chi connectivity index (χ2v) is 5.76. The lowest BCUT2D eigenvalue weighted by atomic mass is 10.1. The Hall–Kier alpha value is -1.73. The van der Waals surface area contributed by atoms with Gasteiger partial charge in [0.15, 0.2) is 0 Å². The molecule has 1 aromatic heterocycles. The summed E-state index contributed by atoms with van der Waals surface area (Å²) in [6.45, 7) is -2.98. The van der Waals surface area contributed by atoms with E-state index in [0.29, 0.717) is 9.35 Å². The van der Waals surface area contributed by atoms with Crippen LogP contribution in [0.25, 0.3) is 11.6 Å². The third-order valence-electron chi connectivity index (χ3n) is 2.50. The summed E-state index contributed by atoms with van der Waals surface area (Å²) >= 11 is 4.47. The van der Waals surface area contributed by atoms with Gasteiger partial charge in [0.25, 0.3) is 0 Å². The van der Waals surface area contributed by atoms with E-state index in [1.165, 1.54) is 29.5 Å². The van der Waals surface area contributed by atoms with E-state index >= 15 is 0 Å². The summed E-state index contributed by atoms with van der Waals surface area (Å²) in [6, 6.07) is 7.79. The maximum Gasteiger partial charge on any atom is 0.387 e. The van der Waals surface area contributed by atoms with Crippen LogP contribution >= 0.6 is 27.3 Å². The molecule has 110 valence electrons. The number of aliphatic carboxylic acids is 1. The first-order valence-corrected chi connectivity index (χ1v) is 7.38. The maximum absolute atomic E-state index is 12.4. The van der Waals surface area contributed by atoms with E-state index in [4.69, 9.17) is 0 Å². The van der Waals surface area contributed by atoms with E-state index in [1.54, 1.807) is 23.6 Å². The highest BCUT2D eigenvalue weighted by Gasteiger charge is 2.15. The predicted molar refractivity (Wildman–Crippen MR) is 80.6 cm³/mol. The van der Waals surface area contributed by atoms with E-state index in [0.717, 1.165) is 0 Å². The van der Waals surface area contributed by atoms with Crippen LogP contribution < -0.4 is 4.74 Å². The number of halogens is 3. The molecule has 0 amide bonds. The van der Waals surface area contributed by atoms with Crippen molar-refractivity contribution in [3.05, 3.63) is 50.6 Å². The number of thiophene rings is 1. The number of carboxylic acid groups (broad SMARTS) is 1. The highest BCUT2D eigenvalue weighted by Crippen LogP contribution is 2.30. The van der Waals surface area contributed by atoms with Crippen LogP contribution in [-0.2, 0) is 4.79 Å². The van der Waals surface area contributed by atoms with E-state index in [-0.39, 0.29) is 16.9 Å². The highest BCUT2D eigenvalue weighted by atomic mass is 79.9. The van der Waals surface area contributed by atoms with Crippen LogP contribution in [0.15, 0.2) is 40.2 Å². The van der Waals surface area contributed by atoms with Crippen molar-refractivity contribution in [2.45, 2.75) is 6.61 Å². The van der Waals surface area contributed by atoms with Crippen molar-refractivity contribution in [2.24, 2.45) is 0 Å². The fraction of sp³-hybridized carbons (Fsp3) is 0.0714. The Labute approximate surface area is 131 Å². The molecule has 0 aliphatic carbocycles. The van der Waals surface area contributed by atoms with Crippen molar-refractivity contribution >= 4 is 44.9 Å². The molecule has 3 nitrogen and oxygen atoms in total. The summed E-state index contributed by atoms with van der Waals surface area (Å²) < 4.78 is 29.8. The lowest BCUT2D eigenvalue weighted by Crippen LogP contribution is -2.04. The number of benzene rings is 1. The molecular weight excluding hydrogens is 366 g/mol. The Bertz CT molecular complexity index is 669. The first-order chi connectivity index (χ1) is 9.97. The van der Waals surface area contributed by atoms with Crippen molar-refractivity contribution in [1.82, 2.24) is 0 Å². The van der Waals surface area contributed by atoms with E-state index in [9.17, 15) is 18.7 Å². The van der Waals surface area contributed by atoms with Gasteiger partial charge in [-0.15, -0.1) is 11.3 Å². The first kappa shape index (κ1) is 15.7.